The first-order valence-corrected chi connectivity index (χ1v) is 10.3. The summed E-state index contributed by atoms with van der Waals surface area (Å²) in [6, 6.07) is 7.06. The van der Waals surface area contributed by atoms with Gasteiger partial charge in [-0.2, -0.15) is 0 Å². The van der Waals surface area contributed by atoms with Gasteiger partial charge in [-0.25, -0.2) is 13.6 Å². The molecule has 1 aliphatic heterocycles. The molecule has 0 bridgehead atoms. The highest BCUT2D eigenvalue weighted by Gasteiger charge is 2.23. The van der Waals surface area contributed by atoms with Crippen molar-refractivity contribution in [1.29, 1.82) is 0 Å². The Bertz CT molecular complexity index is 951. The van der Waals surface area contributed by atoms with Gasteiger partial charge in [-0.15, -0.1) is 0 Å². The van der Waals surface area contributed by atoms with Crippen LogP contribution in [0.3, 0.4) is 0 Å². The van der Waals surface area contributed by atoms with Gasteiger partial charge in [-0.1, -0.05) is 6.07 Å². The number of rotatable bonds is 8. The molecule has 2 aromatic carbocycles. The minimum Gasteiger partial charge on any atom is -0.462 e. The van der Waals surface area contributed by atoms with Crippen LogP contribution in [0.15, 0.2) is 34.8 Å². The Kier molecular flexibility index (Phi) is 7.38. The van der Waals surface area contributed by atoms with Crippen molar-refractivity contribution in [2.45, 2.75) is 25.9 Å². The quantitative estimate of drug-likeness (QED) is 0.549. The summed E-state index contributed by atoms with van der Waals surface area (Å²) in [4.78, 5) is 24.5. The molecule has 1 heterocycles. The van der Waals surface area contributed by atoms with E-state index in [1.165, 1.54) is 24.3 Å². The second-order valence-corrected chi connectivity index (χ2v) is 7.56. The highest BCUT2D eigenvalue weighted by atomic mass is 79.9. The number of nitrogens with one attached hydrogen (secondary N) is 2. The molecular formula is C21H21BrF2N2O4. The van der Waals surface area contributed by atoms with E-state index < -0.39 is 23.5 Å². The molecule has 2 aromatic rings. The third kappa shape index (κ3) is 5.34. The Morgan fingerprint density at radius 2 is 2.03 bits per heavy atom. The van der Waals surface area contributed by atoms with Crippen LogP contribution in [-0.4, -0.2) is 37.7 Å². The molecule has 1 saturated heterocycles. The van der Waals surface area contributed by atoms with Crippen molar-refractivity contribution in [3.63, 3.8) is 0 Å². The van der Waals surface area contributed by atoms with E-state index >= 15 is 4.39 Å². The summed E-state index contributed by atoms with van der Waals surface area (Å²) < 4.78 is 39.2. The van der Waals surface area contributed by atoms with Crippen LogP contribution in [0.2, 0.25) is 0 Å². The fourth-order valence-corrected chi connectivity index (χ4v) is 3.16. The topological polar surface area (TPSA) is 76.7 Å². The minimum atomic E-state index is -0.819. The standard InChI is InChI=1S/C21H21BrF2N2O4/c1-2-29-21(28)14-4-6-17(20(19(14)24)25-11-13-7-8-30-13)26-18(27)10-12-3-5-15(22)16(23)9-12/h3-6,9,13,25H,2,7-8,10-11H2,1H3,(H,26,27)/t13-/m0/s1. The van der Waals surface area contributed by atoms with Gasteiger partial charge in [0.1, 0.15) is 5.82 Å². The molecule has 6 nitrogen and oxygen atoms in total. The van der Waals surface area contributed by atoms with E-state index in [0.717, 1.165) is 6.42 Å². The van der Waals surface area contributed by atoms with Crippen LogP contribution in [0.1, 0.15) is 29.3 Å². The first-order valence-electron chi connectivity index (χ1n) is 9.48. The van der Waals surface area contributed by atoms with Crippen LogP contribution in [0.25, 0.3) is 0 Å². The predicted molar refractivity (Wildman–Crippen MR) is 112 cm³/mol. The molecular weight excluding hydrogens is 462 g/mol. The Morgan fingerprint density at radius 1 is 1.27 bits per heavy atom. The molecule has 0 aromatic heterocycles. The molecule has 9 heteroatoms. The molecule has 1 fully saturated rings. The molecule has 1 amide bonds. The van der Waals surface area contributed by atoms with Crippen LogP contribution < -0.4 is 10.6 Å². The molecule has 160 valence electrons. The van der Waals surface area contributed by atoms with Crippen LogP contribution in [0, 0.1) is 11.6 Å². The van der Waals surface area contributed by atoms with Gasteiger partial charge in [0.25, 0.3) is 0 Å². The van der Waals surface area contributed by atoms with Crippen molar-refractivity contribution in [3.8, 4) is 0 Å². The van der Waals surface area contributed by atoms with Crippen molar-refractivity contribution in [2.75, 3.05) is 30.4 Å². The Hall–Kier alpha value is -2.52. The maximum absolute atomic E-state index is 15.0. The predicted octanol–water partition coefficient (Wildman–Crippen LogP) is 4.29. The molecule has 3 rings (SSSR count). The zero-order valence-electron chi connectivity index (χ0n) is 16.3. The van der Waals surface area contributed by atoms with E-state index in [4.69, 9.17) is 9.47 Å². The van der Waals surface area contributed by atoms with Gasteiger partial charge in [0.2, 0.25) is 5.91 Å². The average molecular weight is 483 g/mol. The SMILES string of the molecule is CCOC(=O)c1ccc(NC(=O)Cc2ccc(Br)c(F)c2)c(NC[C@@H]2CCO2)c1F. The lowest BCUT2D eigenvalue weighted by molar-refractivity contribution is -0.115. The van der Waals surface area contributed by atoms with Gasteiger partial charge >= 0.3 is 5.97 Å². The van der Waals surface area contributed by atoms with Crippen molar-refractivity contribution in [2.24, 2.45) is 0 Å². The van der Waals surface area contributed by atoms with Gasteiger partial charge in [-0.05, 0) is 59.1 Å². The number of esters is 1. The summed E-state index contributed by atoms with van der Waals surface area (Å²) in [6.45, 7) is 2.71. The zero-order valence-corrected chi connectivity index (χ0v) is 17.9. The fourth-order valence-electron chi connectivity index (χ4n) is 2.91. The van der Waals surface area contributed by atoms with Crippen LogP contribution in [0.5, 0.6) is 0 Å². The van der Waals surface area contributed by atoms with E-state index in [-0.39, 0.29) is 36.1 Å². The second kappa shape index (κ2) is 9.99. The summed E-state index contributed by atoms with van der Waals surface area (Å²) in [7, 11) is 0. The van der Waals surface area contributed by atoms with Crippen LogP contribution in [0.4, 0.5) is 20.2 Å². The van der Waals surface area contributed by atoms with E-state index in [2.05, 4.69) is 26.6 Å². The lowest BCUT2D eigenvalue weighted by atomic mass is 10.1. The van der Waals surface area contributed by atoms with Crippen molar-refractivity contribution in [3.05, 3.63) is 57.6 Å². The largest absolute Gasteiger partial charge is 0.462 e. The molecule has 2 N–H and O–H groups in total. The first-order chi connectivity index (χ1) is 14.4. The molecule has 1 aliphatic rings. The Balaban J connectivity index is 1.80. The van der Waals surface area contributed by atoms with Gasteiger partial charge in [0.15, 0.2) is 5.82 Å². The first kappa shape index (κ1) is 22.2. The third-order valence-corrected chi connectivity index (χ3v) is 5.20. The molecule has 0 aliphatic carbocycles. The fraction of sp³-hybridized carbons (Fsp3) is 0.333. The van der Waals surface area contributed by atoms with Crippen molar-refractivity contribution >= 4 is 39.2 Å². The second-order valence-electron chi connectivity index (χ2n) is 6.71. The Morgan fingerprint density at radius 3 is 2.67 bits per heavy atom. The molecule has 0 saturated carbocycles. The molecule has 0 unspecified atom stereocenters. The summed E-state index contributed by atoms with van der Waals surface area (Å²) in [6.07, 6.45) is 0.671. The maximum Gasteiger partial charge on any atom is 0.341 e. The Labute approximate surface area is 181 Å². The van der Waals surface area contributed by atoms with Crippen LogP contribution >= 0.6 is 15.9 Å². The van der Waals surface area contributed by atoms with Crippen molar-refractivity contribution in [1.82, 2.24) is 0 Å². The van der Waals surface area contributed by atoms with Gasteiger partial charge < -0.3 is 20.1 Å². The minimum absolute atomic E-state index is 0.0219. The van der Waals surface area contributed by atoms with Crippen LogP contribution in [-0.2, 0) is 20.7 Å². The lowest BCUT2D eigenvalue weighted by Gasteiger charge is -2.27. The lowest BCUT2D eigenvalue weighted by Crippen LogP contribution is -2.34. The third-order valence-electron chi connectivity index (χ3n) is 4.56. The molecule has 1 atom stereocenters. The monoisotopic (exact) mass is 482 g/mol. The summed E-state index contributed by atoms with van der Waals surface area (Å²) in [5, 5.41) is 5.54. The molecule has 0 radical (unpaired) electrons. The maximum atomic E-state index is 15.0. The number of hydrogen-bond acceptors (Lipinski definition) is 5. The number of anilines is 2. The molecule has 0 spiro atoms. The highest BCUT2D eigenvalue weighted by molar-refractivity contribution is 9.10. The van der Waals surface area contributed by atoms with Gasteiger partial charge in [0.05, 0.1) is 40.5 Å². The number of benzene rings is 2. The number of amides is 1. The zero-order chi connectivity index (χ0) is 21.7. The number of ether oxygens (including phenoxy) is 2. The summed E-state index contributed by atoms with van der Waals surface area (Å²) >= 11 is 3.06. The smallest absolute Gasteiger partial charge is 0.341 e. The highest BCUT2D eigenvalue weighted by Crippen LogP contribution is 2.29. The average Bonchev–Trinajstić information content (AvgIpc) is 2.65. The van der Waals surface area contributed by atoms with E-state index in [1.807, 2.05) is 0 Å². The van der Waals surface area contributed by atoms with E-state index in [1.54, 1.807) is 13.0 Å². The number of carbonyl (C=O) groups excluding carboxylic acids is 2. The van der Waals surface area contributed by atoms with Gasteiger partial charge in [0, 0.05) is 13.2 Å². The van der Waals surface area contributed by atoms with Gasteiger partial charge in [-0.3, -0.25) is 4.79 Å². The number of carbonyl (C=O) groups is 2. The normalized spacial score (nSPS) is 15.3. The van der Waals surface area contributed by atoms with E-state index in [9.17, 15) is 14.0 Å². The summed E-state index contributed by atoms with van der Waals surface area (Å²) in [5.74, 6) is -2.54. The number of halogens is 3. The summed E-state index contributed by atoms with van der Waals surface area (Å²) in [5.41, 5.74) is 0.380. The van der Waals surface area contributed by atoms with Crippen molar-refractivity contribution < 1.29 is 27.8 Å². The van der Waals surface area contributed by atoms with E-state index in [0.29, 0.717) is 23.2 Å². The molecule has 30 heavy (non-hydrogen) atoms. The number of hydrogen-bond donors (Lipinski definition) is 2.